The van der Waals surface area contributed by atoms with E-state index < -0.39 is 15.9 Å². The lowest BCUT2D eigenvalue weighted by Crippen LogP contribution is -2.40. The summed E-state index contributed by atoms with van der Waals surface area (Å²) in [7, 11) is -3.72. The summed E-state index contributed by atoms with van der Waals surface area (Å²) < 4.78 is 38.4. The van der Waals surface area contributed by atoms with E-state index in [-0.39, 0.29) is 23.5 Å². The van der Waals surface area contributed by atoms with Crippen LogP contribution in [-0.2, 0) is 14.8 Å². The number of benzene rings is 3. The first-order chi connectivity index (χ1) is 15.8. The van der Waals surface area contributed by atoms with Crippen LogP contribution in [0.4, 0.5) is 5.69 Å². The Morgan fingerprint density at radius 2 is 1.76 bits per heavy atom. The predicted octanol–water partition coefficient (Wildman–Crippen LogP) is 4.71. The van der Waals surface area contributed by atoms with Gasteiger partial charge < -0.3 is 14.8 Å². The largest absolute Gasteiger partial charge is 0.455 e. The van der Waals surface area contributed by atoms with Gasteiger partial charge in [-0.3, -0.25) is 4.79 Å². The Labute approximate surface area is 197 Å². The van der Waals surface area contributed by atoms with Crippen molar-refractivity contribution >= 4 is 33.2 Å². The van der Waals surface area contributed by atoms with Crippen molar-refractivity contribution in [3.63, 3.8) is 0 Å². The van der Waals surface area contributed by atoms with Gasteiger partial charge in [0.2, 0.25) is 10.0 Å². The standard InChI is InChI=1S/C24H23ClN2O5S/c1-17-5-8-20(9-6-17)32-23-10-7-19(25)16-22(23)26-24(28)18-3-2-4-21(15-18)33(29,30)27-11-13-31-14-12-27/h2-10,15-16H,11-14H2,1H3,(H,26,28). The summed E-state index contributed by atoms with van der Waals surface area (Å²) in [6.07, 6.45) is 0. The van der Waals surface area contributed by atoms with E-state index in [1.165, 1.54) is 16.4 Å². The van der Waals surface area contributed by atoms with E-state index in [0.29, 0.717) is 35.4 Å². The number of rotatable bonds is 6. The van der Waals surface area contributed by atoms with E-state index in [1.807, 2.05) is 31.2 Å². The highest BCUT2D eigenvalue weighted by Crippen LogP contribution is 2.32. The van der Waals surface area contributed by atoms with E-state index in [0.717, 1.165) is 5.56 Å². The number of anilines is 1. The molecule has 0 radical (unpaired) electrons. The van der Waals surface area contributed by atoms with Crippen molar-refractivity contribution in [3.8, 4) is 11.5 Å². The first-order valence-electron chi connectivity index (χ1n) is 10.4. The molecule has 1 heterocycles. The summed E-state index contributed by atoms with van der Waals surface area (Å²) in [5.41, 5.74) is 1.67. The van der Waals surface area contributed by atoms with Crippen molar-refractivity contribution < 1.29 is 22.7 Å². The molecule has 4 rings (SSSR count). The van der Waals surface area contributed by atoms with Gasteiger partial charge in [0, 0.05) is 23.7 Å². The number of carbonyl (C=O) groups is 1. The summed E-state index contributed by atoms with van der Waals surface area (Å²) in [5, 5.41) is 3.20. The Balaban J connectivity index is 1.57. The fraction of sp³-hybridized carbons (Fsp3) is 0.208. The minimum Gasteiger partial charge on any atom is -0.455 e. The zero-order valence-electron chi connectivity index (χ0n) is 18.0. The summed E-state index contributed by atoms with van der Waals surface area (Å²) >= 11 is 6.14. The van der Waals surface area contributed by atoms with E-state index in [4.69, 9.17) is 21.1 Å². The number of ether oxygens (including phenoxy) is 2. The summed E-state index contributed by atoms with van der Waals surface area (Å²) in [4.78, 5) is 13.0. The second kappa shape index (κ2) is 9.93. The Kier molecular flexibility index (Phi) is 6.99. The number of morpholine rings is 1. The predicted molar refractivity (Wildman–Crippen MR) is 127 cm³/mol. The minimum absolute atomic E-state index is 0.0549. The smallest absolute Gasteiger partial charge is 0.255 e. The van der Waals surface area contributed by atoms with Crippen LogP contribution in [0.25, 0.3) is 0 Å². The van der Waals surface area contributed by atoms with Gasteiger partial charge in [-0.25, -0.2) is 8.42 Å². The average molecular weight is 487 g/mol. The molecule has 0 bridgehead atoms. The highest BCUT2D eigenvalue weighted by Gasteiger charge is 2.27. The van der Waals surface area contributed by atoms with Crippen molar-refractivity contribution in [3.05, 3.63) is 82.9 Å². The van der Waals surface area contributed by atoms with Gasteiger partial charge in [-0.15, -0.1) is 0 Å². The lowest BCUT2D eigenvalue weighted by molar-refractivity contribution is 0.0730. The number of nitrogens with zero attached hydrogens (tertiary/aromatic N) is 1. The number of sulfonamides is 1. The van der Waals surface area contributed by atoms with E-state index in [2.05, 4.69) is 5.32 Å². The number of aryl methyl sites for hydroxylation is 1. The molecular formula is C24H23ClN2O5S. The van der Waals surface area contributed by atoms with Crippen molar-refractivity contribution in [1.82, 2.24) is 4.31 Å². The molecule has 3 aromatic carbocycles. The maximum absolute atomic E-state index is 13.0. The van der Waals surface area contributed by atoms with Gasteiger partial charge in [0.15, 0.2) is 5.75 Å². The second-order valence-electron chi connectivity index (χ2n) is 7.55. The van der Waals surface area contributed by atoms with Crippen LogP contribution in [0, 0.1) is 6.92 Å². The highest BCUT2D eigenvalue weighted by atomic mass is 35.5. The molecule has 0 atom stereocenters. The third kappa shape index (κ3) is 5.54. The average Bonchev–Trinajstić information content (AvgIpc) is 2.83. The molecule has 9 heteroatoms. The zero-order valence-corrected chi connectivity index (χ0v) is 19.5. The summed E-state index contributed by atoms with van der Waals surface area (Å²) in [6, 6.07) is 18.4. The van der Waals surface area contributed by atoms with Crippen molar-refractivity contribution in [2.45, 2.75) is 11.8 Å². The first kappa shape index (κ1) is 23.3. The Morgan fingerprint density at radius 3 is 2.48 bits per heavy atom. The molecule has 1 fully saturated rings. The van der Waals surface area contributed by atoms with Gasteiger partial charge in [0.05, 0.1) is 23.8 Å². The molecule has 1 N–H and O–H groups in total. The third-order valence-corrected chi connectivity index (χ3v) is 7.27. The number of nitrogens with one attached hydrogen (secondary N) is 1. The summed E-state index contributed by atoms with van der Waals surface area (Å²) in [5.74, 6) is 0.538. The van der Waals surface area contributed by atoms with E-state index in [9.17, 15) is 13.2 Å². The minimum atomic E-state index is -3.72. The molecule has 33 heavy (non-hydrogen) atoms. The Morgan fingerprint density at radius 1 is 1.03 bits per heavy atom. The van der Waals surface area contributed by atoms with Gasteiger partial charge in [-0.2, -0.15) is 4.31 Å². The van der Waals surface area contributed by atoms with Crippen LogP contribution >= 0.6 is 11.6 Å². The van der Waals surface area contributed by atoms with Crippen molar-refractivity contribution in [2.24, 2.45) is 0 Å². The van der Waals surface area contributed by atoms with Crippen LogP contribution in [0.2, 0.25) is 5.02 Å². The fourth-order valence-electron chi connectivity index (χ4n) is 3.35. The third-order valence-electron chi connectivity index (χ3n) is 5.14. The monoisotopic (exact) mass is 486 g/mol. The van der Waals surface area contributed by atoms with Crippen LogP contribution in [0.5, 0.6) is 11.5 Å². The van der Waals surface area contributed by atoms with E-state index >= 15 is 0 Å². The maximum atomic E-state index is 13.0. The number of hydrogen-bond donors (Lipinski definition) is 1. The topological polar surface area (TPSA) is 84.9 Å². The molecule has 0 spiro atoms. The van der Waals surface area contributed by atoms with Crippen molar-refractivity contribution in [1.29, 1.82) is 0 Å². The number of amides is 1. The zero-order chi connectivity index (χ0) is 23.4. The fourth-order valence-corrected chi connectivity index (χ4v) is 4.98. The Hall–Kier alpha value is -2.91. The molecule has 0 aromatic heterocycles. The van der Waals surface area contributed by atoms with Crippen molar-refractivity contribution in [2.75, 3.05) is 31.6 Å². The van der Waals surface area contributed by atoms with E-state index in [1.54, 1.807) is 30.3 Å². The normalized spacial score (nSPS) is 14.6. The Bertz CT molecular complexity index is 1260. The molecule has 172 valence electrons. The molecule has 1 aliphatic heterocycles. The molecule has 1 saturated heterocycles. The van der Waals surface area contributed by atoms with Gasteiger partial charge in [0.1, 0.15) is 5.75 Å². The number of halogens is 1. The number of carbonyl (C=O) groups excluding carboxylic acids is 1. The highest BCUT2D eigenvalue weighted by molar-refractivity contribution is 7.89. The van der Waals surface area contributed by atoms with Crippen LogP contribution in [0.1, 0.15) is 15.9 Å². The van der Waals surface area contributed by atoms with Crippen LogP contribution in [-0.4, -0.2) is 44.9 Å². The van der Waals surface area contributed by atoms with Crippen LogP contribution in [0.15, 0.2) is 71.6 Å². The molecular weight excluding hydrogens is 464 g/mol. The van der Waals surface area contributed by atoms with Gasteiger partial charge in [0.25, 0.3) is 5.91 Å². The molecule has 0 unspecified atom stereocenters. The lowest BCUT2D eigenvalue weighted by atomic mass is 10.2. The second-order valence-corrected chi connectivity index (χ2v) is 9.93. The molecule has 7 nitrogen and oxygen atoms in total. The van der Waals surface area contributed by atoms with Gasteiger partial charge in [-0.1, -0.05) is 35.4 Å². The maximum Gasteiger partial charge on any atom is 0.255 e. The number of hydrogen-bond acceptors (Lipinski definition) is 5. The summed E-state index contributed by atoms with van der Waals surface area (Å²) in [6.45, 7) is 3.23. The van der Waals surface area contributed by atoms with Gasteiger partial charge >= 0.3 is 0 Å². The SMILES string of the molecule is Cc1ccc(Oc2ccc(Cl)cc2NC(=O)c2cccc(S(=O)(=O)N3CCOCC3)c2)cc1. The molecule has 0 saturated carbocycles. The van der Waals surface area contributed by atoms with Crippen LogP contribution < -0.4 is 10.1 Å². The van der Waals surface area contributed by atoms with Crippen LogP contribution in [0.3, 0.4) is 0 Å². The molecule has 3 aromatic rings. The molecule has 1 aliphatic rings. The quantitative estimate of drug-likeness (QED) is 0.545. The molecule has 0 aliphatic carbocycles. The first-order valence-corrected chi connectivity index (χ1v) is 12.2. The lowest BCUT2D eigenvalue weighted by Gasteiger charge is -2.26. The molecule has 1 amide bonds. The van der Waals surface area contributed by atoms with Gasteiger partial charge in [-0.05, 0) is 55.5 Å².